The maximum absolute atomic E-state index is 12.1. The van der Waals surface area contributed by atoms with E-state index in [1.807, 2.05) is 0 Å². The first-order valence-electron chi connectivity index (χ1n) is 8.52. The summed E-state index contributed by atoms with van der Waals surface area (Å²) in [4.78, 5) is 6.58. The number of benzene rings is 1. The Hall–Kier alpha value is -2.00. The van der Waals surface area contributed by atoms with Gasteiger partial charge in [-0.15, -0.1) is 13.2 Å². The molecule has 1 aromatic carbocycles. The van der Waals surface area contributed by atoms with E-state index >= 15 is 0 Å². The van der Waals surface area contributed by atoms with Crippen LogP contribution in [-0.4, -0.2) is 55.6 Å². The molecule has 0 aromatic heterocycles. The number of guanidine groups is 1. The van der Waals surface area contributed by atoms with E-state index in [-0.39, 0.29) is 23.9 Å². The molecule has 0 spiro atoms. The van der Waals surface area contributed by atoms with Crippen LogP contribution in [0, 0.1) is 0 Å². The second-order valence-corrected chi connectivity index (χ2v) is 6.33. The molecule has 1 saturated heterocycles. The molecule has 0 radical (unpaired) electrons. The molecule has 2 unspecified atom stereocenters. The van der Waals surface area contributed by atoms with E-state index in [1.165, 1.54) is 24.3 Å². The minimum Gasteiger partial charge on any atom is -0.406 e. The van der Waals surface area contributed by atoms with Gasteiger partial charge < -0.3 is 20.5 Å². The van der Waals surface area contributed by atoms with Crippen molar-refractivity contribution in [3.8, 4) is 5.75 Å². The molecule has 26 heavy (non-hydrogen) atoms. The van der Waals surface area contributed by atoms with Gasteiger partial charge in [-0.3, -0.25) is 9.89 Å². The number of nitrogens with zero attached hydrogens (tertiary/aromatic N) is 2. The summed E-state index contributed by atoms with van der Waals surface area (Å²) in [5.74, 6) is -0.0641. The van der Waals surface area contributed by atoms with Gasteiger partial charge in [-0.05, 0) is 44.5 Å². The van der Waals surface area contributed by atoms with Crippen LogP contribution in [0.5, 0.6) is 5.75 Å². The normalized spacial score (nSPS) is 22.3. The summed E-state index contributed by atoms with van der Waals surface area (Å²) in [6.45, 7) is 7.43. The largest absolute Gasteiger partial charge is 0.573 e. The lowest BCUT2D eigenvalue weighted by atomic mass is 10.2. The first-order chi connectivity index (χ1) is 12.2. The number of aliphatic imine (C=N–C) groups is 1. The quantitative estimate of drug-likeness (QED) is 0.455. The number of anilines is 1. The predicted octanol–water partition coefficient (Wildman–Crippen LogP) is 2.81. The van der Waals surface area contributed by atoms with Crippen LogP contribution in [0.25, 0.3) is 0 Å². The molecular weight excluding hydrogens is 349 g/mol. The highest BCUT2D eigenvalue weighted by atomic mass is 19.4. The van der Waals surface area contributed by atoms with E-state index < -0.39 is 6.36 Å². The van der Waals surface area contributed by atoms with Gasteiger partial charge in [0.25, 0.3) is 0 Å². The van der Waals surface area contributed by atoms with Crippen LogP contribution in [0.3, 0.4) is 0 Å². The Morgan fingerprint density at radius 3 is 2.46 bits per heavy atom. The number of hydrogen-bond donors (Lipinski definition) is 2. The summed E-state index contributed by atoms with van der Waals surface area (Å²) in [5.41, 5.74) is 6.34. The van der Waals surface area contributed by atoms with Crippen LogP contribution in [0.2, 0.25) is 0 Å². The second-order valence-electron chi connectivity index (χ2n) is 6.33. The molecule has 0 saturated carbocycles. The van der Waals surface area contributed by atoms with Gasteiger partial charge in [0.05, 0.1) is 12.2 Å². The third-order valence-corrected chi connectivity index (χ3v) is 3.77. The standard InChI is InChI=1S/C17H25F3N4O2/c1-12-10-24(11-13(2)25-12)9-3-8-22-16(21)23-14-4-6-15(7-5-14)26-17(18,19)20/h4-7,12-13H,3,8-11H2,1-2H3,(H3,21,22,23). The molecule has 6 nitrogen and oxygen atoms in total. The third-order valence-electron chi connectivity index (χ3n) is 3.77. The molecule has 1 fully saturated rings. The minimum atomic E-state index is -4.70. The molecule has 2 atom stereocenters. The van der Waals surface area contributed by atoms with Gasteiger partial charge in [0.15, 0.2) is 5.96 Å². The lowest BCUT2D eigenvalue weighted by Gasteiger charge is -2.35. The summed E-state index contributed by atoms with van der Waals surface area (Å²) < 4.78 is 45.8. The highest BCUT2D eigenvalue weighted by Crippen LogP contribution is 2.23. The van der Waals surface area contributed by atoms with E-state index in [4.69, 9.17) is 10.5 Å². The highest BCUT2D eigenvalue weighted by Gasteiger charge is 2.30. The van der Waals surface area contributed by atoms with Crippen molar-refractivity contribution in [1.29, 1.82) is 0 Å². The van der Waals surface area contributed by atoms with Crippen LogP contribution in [0.15, 0.2) is 29.3 Å². The monoisotopic (exact) mass is 374 g/mol. The van der Waals surface area contributed by atoms with Crippen LogP contribution >= 0.6 is 0 Å². The summed E-state index contributed by atoms with van der Waals surface area (Å²) in [7, 11) is 0. The van der Waals surface area contributed by atoms with Gasteiger partial charge in [0.2, 0.25) is 0 Å². The molecule has 0 amide bonds. The van der Waals surface area contributed by atoms with Crippen LogP contribution < -0.4 is 15.8 Å². The van der Waals surface area contributed by atoms with Crippen LogP contribution in [0.4, 0.5) is 18.9 Å². The maximum atomic E-state index is 12.1. The van der Waals surface area contributed by atoms with Crippen molar-refractivity contribution < 1.29 is 22.6 Å². The lowest BCUT2D eigenvalue weighted by Crippen LogP contribution is -2.45. The molecule has 1 aliphatic heterocycles. The fraction of sp³-hybridized carbons (Fsp3) is 0.588. The number of morpholine rings is 1. The average Bonchev–Trinajstić information content (AvgIpc) is 2.51. The molecule has 146 valence electrons. The zero-order chi connectivity index (χ0) is 19.2. The smallest absolute Gasteiger partial charge is 0.406 e. The molecule has 1 aromatic rings. The van der Waals surface area contributed by atoms with Crippen molar-refractivity contribution in [2.24, 2.45) is 10.7 Å². The highest BCUT2D eigenvalue weighted by molar-refractivity contribution is 5.92. The van der Waals surface area contributed by atoms with Gasteiger partial charge in [0, 0.05) is 31.9 Å². The molecule has 0 bridgehead atoms. The van der Waals surface area contributed by atoms with Crippen molar-refractivity contribution in [1.82, 2.24) is 4.90 Å². The maximum Gasteiger partial charge on any atom is 0.573 e. The molecule has 2 rings (SSSR count). The number of nitrogens with one attached hydrogen (secondary N) is 1. The molecule has 3 N–H and O–H groups in total. The number of nitrogens with two attached hydrogens (primary N) is 1. The minimum absolute atomic E-state index is 0.221. The predicted molar refractivity (Wildman–Crippen MR) is 94.3 cm³/mol. The fourth-order valence-electron chi connectivity index (χ4n) is 2.89. The molecule has 1 aliphatic rings. The Bertz CT molecular complexity index is 583. The first-order valence-corrected chi connectivity index (χ1v) is 8.52. The van der Waals surface area contributed by atoms with Crippen molar-refractivity contribution >= 4 is 11.6 Å². The number of rotatable bonds is 6. The van der Waals surface area contributed by atoms with Crippen molar-refractivity contribution in [2.45, 2.75) is 38.8 Å². The summed E-state index contributed by atoms with van der Waals surface area (Å²) in [6, 6.07) is 5.31. The van der Waals surface area contributed by atoms with Crippen molar-refractivity contribution in [2.75, 3.05) is 31.5 Å². The Balaban J connectivity index is 1.72. The lowest BCUT2D eigenvalue weighted by molar-refractivity contribution is -0.274. The van der Waals surface area contributed by atoms with Crippen molar-refractivity contribution in [3.05, 3.63) is 24.3 Å². The Morgan fingerprint density at radius 1 is 1.27 bits per heavy atom. The molecule has 0 aliphatic carbocycles. The van der Waals surface area contributed by atoms with E-state index in [1.54, 1.807) is 0 Å². The second kappa shape index (κ2) is 9.09. The molecule has 1 heterocycles. The van der Waals surface area contributed by atoms with E-state index in [0.29, 0.717) is 12.2 Å². The van der Waals surface area contributed by atoms with Crippen LogP contribution in [0.1, 0.15) is 20.3 Å². The number of alkyl halides is 3. The van der Waals surface area contributed by atoms with Gasteiger partial charge in [0.1, 0.15) is 5.75 Å². The van der Waals surface area contributed by atoms with Crippen LogP contribution in [-0.2, 0) is 4.74 Å². The van der Waals surface area contributed by atoms with E-state index in [9.17, 15) is 13.2 Å². The van der Waals surface area contributed by atoms with Gasteiger partial charge in [-0.25, -0.2) is 0 Å². The van der Waals surface area contributed by atoms with Gasteiger partial charge >= 0.3 is 6.36 Å². The fourth-order valence-corrected chi connectivity index (χ4v) is 2.89. The van der Waals surface area contributed by atoms with Crippen molar-refractivity contribution in [3.63, 3.8) is 0 Å². The average molecular weight is 374 g/mol. The Morgan fingerprint density at radius 2 is 1.88 bits per heavy atom. The first kappa shape index (κ1) is 20.3. The summed E-state index contributed by atoms with van der Waals surface area (Å²) >= 11 is 0. The summed E-state index contributed by atoms with van der Waals surface area (Å²) in [5, 5.41) is 2.84. The molecular formula is C17H25F3N4O2. The SMILES string of the molecule is CC1CN(CCCN=C(N)Nc2ccc(OC(F)(F)F)cc2)CC(C)O1. The summed E-state index contributed by atoms with van der Waals surface area (Å²) in [6.07, 6.45) is -3.37. The number of hydrogen-bond acceptors (Lipinski definition) is 4. The van der Waals surface area contributed by atoms with Gasteiger partial charge in [-0.2, -0.15) is 0 Å². The topological polar surface area (TPSA) is 72.1 Å². The third kappa shape index (κ3) is 7.49. The zero-order valence-electron chi connectivity index (χ0n) is 14.9. The Kier molecular flexibility index (Phi) is 7.10. The van der Waals surface area contributed by atoms with E-state index in [0.717, 1.165) is 26.1 Å². The zero-order valence-corrected chi connectivity index (χ0v) is 14.9. The number of halogens is 3. The van der Waals surface area contributed by atoms with Gasteiger partial charge in [-0.1, -0.05) is 0 Å². The van der Waals surface area contributed by atoms with E-state index in [2.05, 4.69) is 33.8 Å². The number of ether oxygens (including phenoxy) is 2. The molecule has 9 heteroatoms. The Labute approximate surface area is 151 Å².